The molecule has 1 rings (SSSR count). The molecular weight excluding hydrogens is 230 g/mol. The summed E-state index contributed by atoms with van der Waals surface area (Å²) in [6, 6.07) is 8.11. The highest BCUT2D eigenvalue weighted by Gasteiger charge is 2.09. The summed E-state index contributed by atoms with van der Waals surface area (Å²) in [5.41, 5.74) is 1.12. The number of hydrogen-bond acceptors (Lipinski definition) is 3. The van der Waals surface area contributed by atoms with Gasteiger partial charge >= 0.3 is 5.97 Å². The van der Waals surface area contributed by atoms with E-state index in [0.29, 0.717) is 6.42 Å². The number of ether oxygens (including phenoxy) is 1. The van der Waals surface area contributed by atoms with Gasteiger partial charge in [0.2, 0.25) is 0 Å². The summed E-state index contributed by atoms with van der Waals surface area (Å²) in [6.45, 7) is 2.89. The highest BCUT2D eigenvalue weighted by atomic mass is 16.5. The lowest BCUT2D eigenvalue weighted by atomic mass is 10.1. The Labute approximate surface area is 108 Å². The molecule has 0 bridgehead atoms. The van der Waals surface area contributed by atoms with Crippen molar-refractivity contribution in [2.45, 2.75) is 32.2 Å². The van der Waals surface area contributed by atoms with Crippen molar-refractivity contribution in [1.82, 2.24) is 5.32 Å². The zero-order valence-electron chi connectivity index (χ0n) is 11.0. The van der Waals surface area contributed by atoms with Crippen molar-refractivity contribution < 1.29 is 14.6 Å². The van der Waals surface area contributed by atoms with Crippen molar-refractivity contribution in [3.05, 3.63) is 29.8 Å². The molecule has 0 aliphatic carbocycles. The molecule has 0 radical (unpaired) electrons. The summed E-state index contributed by atoms with van der Waals surface area (Å²) >= 11 is 0. The van der Waals surface area contributed by atoms with Crippen LogP contribution in [-0.2, 0) is 4.79 Å². The van der Waals surface area contributed by atoms with Crippen LogP contribution in [0.15, 0.2) is 24.3 Å². The van der Waals surface area contributed by atoms with Gasteiger partial charge in [-0.25, -0.2) is 0 Å². The Morgan fingerprint density at radius 1 is 1.39 bits per heavy atom. The second-order valence-corrected chi connectivity index (χ2v) is 4.27. The van der Waals surface area contributed by atoms with Gasteiger partial charge in [-0.2, -0.15) is 0 Å². The standard InChI is InChI=1S/C14H21NO3/c1-11(15-10-6-5-9-14(16)17)12-7-3-4-8-13(12)18-2/h3-4,7-8,11,15H,5-6,9-10H2,1-2H3,(H,16,17)/t11-/m1/s1. The van der Waals surface area contributed by atoms with E-state index in [1.807, 2.05) is 24.3 Å². The van der Waals surface area contributed by atoms with Gasteiger partial charge in [-0.1, -0.05) is 18.2 Å². The summed E-state index contributed by atoms with van der Waals surface area (Å²) in [7, 11) is 1.67. The van der Waals surface area contributed by atoms with Crippen LogP contribution in [0.4, 0.5) is 0 Å². The van der Waals surface area contributed by atoms with Crippen molar-refractivity contribution in [3.8, 4) is 5.75 Å². The molecule has 0 spiro atoms. The number of benzene rings is 1. The topological polar surface area (TPSA) is 58.6 Å². The van der Waals surface area contributed by atoms with Crippen LogP contribution in [0.2, 0.25) is 0 Å². The third-order valence-corrected chi connectivity index (χ3v) is 2.87. The molecule has 4 nitrogen and oxygen atoms in total. The molecule has 18 heavy (non-hydrogen) atoms. The Kier molecular flexibility index (Phi) is 6.22. The predicted molar refractivity (Wildman–Crippen MR) is 70.9 cm³/mol. The van der Waals surface area contributed by atoms with Crippen LogP contribution < -0.4 is 10.1 Å². The van der Waals surface area contributed by atoms with Crippen molar-refractivity contribution in [3.63, 3.8) is 0 Å². The lowest BCUT2D eigenvalue weighted by Gasteiger charge is -2.17. The van der Waals surface area contributed by atoms with Crippen LogP contribution >= 0.6 is 0 Å². The van der Waals surface area contributed by atoms with Crippen molar-refractivity contribution in [1.29, 1.82) is 0 Å². The molecule has 0 unspecified atom stereocenters. The quantitative estimate of drug-likeness (QED) is 0.697. The van der Waals surface area contributed by atoms with Crippen LogP contribution in [0.25, 0.3) is 0 Å². The lowest BCUT2D eigenvalue weighted by Crippen LogP contribution is -2.20. The van der Waals surface area contributed by atoms with Gasteiger partial charge in [0, 0.05) is 18.0 Å². The van der Waals surface area contributed by atoms with Crippen molar-refractivity contribution in [2.75, 3.05) is 13.7 Å². The third kappa shape index (κ3) is 4.75. The second-order valence-electron chi connectivity index (χ2n) is 4.27. The Morgan fingerprint density at radius 2 is 2.11 bits per heavy atom. The zero-order chi connectivity index (χ0) is 13.4. The average molecular weight is 251 g/mol. The fraction of sp³-hybridized carbons (Fsp3) is 0.500. The molecule has 0 saturated heterocycles. The van der Waals surface area contributed by atoms with E-state index >= 15 is 0 Å². The normalized spacial score (nSPS) is 12.1. The zero-order valence-corrected chi connectivity index (χ0v) is 11.0. The minimum Gasteiger partial charge on any atom is -0.496 e. The molecule has 0 amide bonds. The number of nitrogens with one attached hydrogen (secondary N) is 1. The van der Waals surface area contributed by atoms with Gasteiger partial charge in [-0.05, 0) is 32.4 Å². The number of hydrogen-bond donors (Lipinski definition) is 2. The number of carboxylic acid groups (broad SMARTS) is 1. The Morgan fingerprint density at radius 3 is 2.78 bits per heavy atom. The first-order valence-electron chi connectivity index (χ1n) is 6.23. The maximum absolute atomic E-state index is 10.4. The van der Waals surface area contributed by atoms with E-state index in [1.54, 1.807) is 7.11 Å². The van der Waals surface area contributed by atoms with Gasteiger partial charge in [0.25, 0.3) is 0 Å². The minimum absolute atomic E-state index is 0.200. The van der Waals surface area contributed by atoms with Crippen LogP contribution in [0.3, 0.4) is 0 Å². The van der Waals surface area contributed by atoms with E-state index in [9.17, 15) is 4.79 Å². The summed E-state index contributed by atoms with van der Waals surface area (Å²) in [4.78, 5) is 10.4. The maximum atomic E-state index is 10.4. The molecular formula is C14H21NO3. The second kappa shape index (κ2) is 7.71. The molecule has 1 atom stereocenters. The molecule has 2 N–H and O–H groups in total. The van der Waals surface area contributed by atoms with Gasteiger partial charge in [-0.15, -0.1) is 0 Å². The average Bonchev–Trinajstić information content (AvgIpc) is 2.37. The monoisotopic (exact) mass is 251 g/mol. The van der Waals surface area contributed by atoms with E-state index < -0.39 is 5.97 Å². The van der Waals surface area contributed by atoms with Gasteiger partial charge in [-0.3, -0.25) is 4.79 Å². The third-order valence-electron chi connectivity index (χ3n) is 2.87. The minimum atomic E-state index is -0.729. The van der Waals surface area contributed by atoms with Gasteiger partial charge in [0.15, 0.2) is 0 Å². The van der Waals surface area contributed by atoms with Gasteiger partial charge < -0.3 is 15.2 Å². The molecule has 100 valence electrons. The smallest absolute Gasteiger partial charge is 0.303 e. The first-order chi connectivity index (χ1) is 8.65. The molecule has 0 fully saturated rings. The fourth-order valence-electron chi connectivity index (χ4n) is 1.85. The number of aliphatic carboxylic acids is 1. The van der Waals surface area contributed by atoms with E-state index in [-0.39, 0.29) is 12.5 Å². The van der Waals surface area contributed by atoms with Crippen LogP contribution in [-0.4, -0.2) is 24.7 Å². The fourth-order valence-corrected chi connectivity index (χ4v) is 1.85. The first kappa shape index (κ1) is 14.5. The number of para-hydroxylation sites is 1. The number of methoxy groups -OCH3 is 1. The first-order valence-corrected chi connectivity index (χ1v) is 6.23. The van der Waals surface area contributed by atoms with Gasteiger partial charge in [0.05, 0.1) is 7.11 Å². The highest BCUT2D eigenvalue weighted by Crippen LogP contribution is 2.24. The number of rotatable bonds is 8. The maximum Gasteiger partial charge on any atom is 0.303 e. The summed E-state index contributed by atoms with van der Waals surface area (Å²) in [5.74, 6) is 0.149. The molecule has 0 saturated carbocycles. The predicted octanol–water partition coefficient (Wildman–Crippen LogP) is 2.60. The number of carbonyl (C=O) groups is 1. The van der Waals surface area contributed by atoms with Crippen LogP contribution in [0.1, 0.15) is 37.8 Å². The Balaban J connectivity index is 2.36. The van der Waals surface area contributed by atoms with Crippen molar-refractivity contribution in [2.24, 2.45) is 0 Å². The van der Waals surface area contributed by atoms with Crippen LogP contribution in [0.5, 0.6) is 5.75 Å². The Bertz CT molecular complexity index is 379. The lowest BCUT2D eigenvalue weighted by molar-refractivity contribution is -0.137. The van der Waals surface area contributed by atoms with Crippen molar-refractivity contribution >= 4 is 5.97 Å². The molecule has 1 aromatic rings. The van der Waals surface area contributed by atoms with E-state index in [1.165, 1.54) is 0 Å². The summed E-state index contributed by atoms with van der Waals surface area (Å²) in [6.07, 6.45) is 1.82. The molecule has 1 aromatic carbocycles. The molecule has 0 aliphatic rings. The SMILES string of the molecule is COc1ccccc1[C@@H](C)NCCCCC(=O)O. The van der Waals surface area contributed by atoms with E-state index in [2.05, 4.69) is 12.2 Å². The number of carboxylic acids is 1. The van der Waals surface area contributed by atoms with Gasteiger partial charge in [0.1, 0.15) is 5.75 Å². The number of unbranched alkanes of at least 4 members (excludes halogenated alkanes) is 1. The molecule has 4 heteroatoms. The summed E-state index contributed by atoms with van der Waals surface area (Å²) in [5, 5.41) is 11.9. The highest BCUT2D eigenvalue weighted by molar-refractivity contribution is 5.66. The van der Waals surface area contributed by atoms with E-state index in [0.717, 1.165) is 24.3 Å². The molecule has 0 aromatic heterocycles. The summed E-state index contributed by atoms with van der Waals surface area (Å²) < 4.78 is 5.31. The Hall–Kier alpha value is -1.55. The van der Waals surface area contributed by atoms with E-state index in [4.69, 9.17) is 9.84 Å². The molecule has 0 heterocycles. The van der Waals surface area contributed by atoms with Crippen LogP contribution in [0, 0.1) is 0 Å². The largest absolute Gasteiger partial charge is 0.496 e. The molecule has 0 aliphatic heterocycles.